The Morgan fingerprint density at radius 1 is 1.03 bits per heavy atom. The molecule has 2 aromatic carbocycles. The molecule has 0 saturated carbocycles. The Labute approximate surface area is 180 Å². The summed E-state index contributed by atoms with van der Waals surface area (Å²) in [7, 11) is 0. The van der Waals surface area contributed by atoms with Crippen LogP contribution in [0.5, 0.6) is 0 Å². The van der Waals surface area contributed by atoms with Crippen molar-refractivity contribution in [2.45, 2.75) is 19.8 Å². The number of hydrogen-bond donors (Lipinski definition) is 2. The standard InChI is InChI=1S/C25H25N3O3/c1-17-7-5-8-18(15-17)22-13-12-21(24(30)27-22)25(31)28-14-6-9-19(16-28)23(29)26-20-10-3-2-4-11-20/h2-5,7-8,10-13,15,19H,6,9,14,16H2,1H3,(H,26,29)(H,27,30). The number of amides is 2. The van der Waals surface area contributed by atoms with Crippen LogP contribution < -0.4 is 10.9 Å². The molecule has 1 aromatic heterocycles. The van der Waals surface area contributed by atoms with E-state index >= 15 is 0 Å². The quantitative estimate of drug-likeness (QED) is 0.679. The second kappa shape index (κ2) is 9.00. The summed E-state index contributed by atoms with van der Waals surface area (Å²) in [6, 6.07) is 20.4. The molecular weight excluding hydrogens is 390 g/mol. The zero-order valence-electron chi connectivity index (χ0n) is 17.4. The number of piperidine rings is 1. The number of nitrogens with zero attached hydrogens (tertiary/aromatic N) is 1. The Morgan fingerprint density at radius 2 is 1.84 bits per heavy atom. The highest BCUT2D eigenvalue weighted by Gasteiger charge is 2.30. The Morgan fingerprint density at radius 3 is 2.58 bits per heavy atom. The van der Waals surface area contributed by atoms with Crippen LogP contribution >= 0.6 is 0 Å². The molecule has 2 N–H and O–H groups in total. The van der Waals surface area contributed by atoms with Crippen LogP contribution in [0.3, 0.4) is 0 Å². The summed E-state index contributed by atoms with van der Waals surface area (Å²) < 4.78 is 0. The number of anilines is 1. The van der Waals surface area contributed by atoms with Gasteiger partial charge in [0.15, 0.2) is 0 Å². The number of para-hydroxylation sites is 1. The molecule has 1 saturated heterocycles. The summed E-state index contributed by atoms with van der Waals surface area (Å²) in [4.78, 5) is 42.8. The predicted molar refractivity (Wildman–Crippen MR) is 121 cm³/mol. The Hall–Kier alpha value is -3.67. The summed E-state index contributed by atoms with van der Waals surface area (Å²) in [6.45, 7) is 2.82. The van der Waals surface area contributed by atoms with E-state index in [1.807, 2.05) is 61.5 Å². The molecule has 0 bridgehead atoms. The second-order valence-corrected chi connectivity index (χ2v) is 7.93. The number of rotatable bonds is 4. The third-order valence-corrected chi connectivity index (χ3v) is 5.59. The fourth-order valence-corrected chi connectivity index (χ4v) is 3.93. The average Bonchev–Trinajstić information content (AvgIpc) is 2.79. The number of H-pyrrole nitrogens is 1. The molecule has 4 rings (SSSR count). The van der Waals surface area contributed by atoms with Gasteiger partial charge >= 0.3 is 0 Å². The number of aryl methyl sites for hydroxylation is 1. The van der Waals surface area contributed by atoms with Crippen molar-refractivity contribution in [1.29, 1.82) is 0 Å². The fourth-order valence-electron chi connectivity index (χ4n) is 3.93. The maximum Gasteiger partial charge on any atom is 0.261 e. The summed E-state index contributed by atoms with van der Waals surface area (Å²) in [6.07, 6.45) is 1.43. The zero-order valence-corrected chi connectivity index (χ0v) is 17.4. The van der Waals surface area contributed by atoms with Gasteiger partial charge in [0, 0.05) is 24.5 Å². The number of nitrogens with one attached hydrogen (secondary N) is 2. The Kier molecular flexibility index (Phi) is 5.98. The van der Waals surface area contributed by atoms with Crippen molar-refractivity contribution in [3.8, 4) is 11.3 Å². The van der Waals surface area contributed by atoms with Crippen LogP contribution in [0, 0.1) is 12.8 Å². The molecule has 2 heterocycles. The molecule has 0 radical (unpaired) electrons. The minimum Gasteiger partial charge on any atom is -0.338 e. The first-order chi connectivity index (χ1) is 15.0. The number of likely N-dealkylation sites (tertiary alicyclic amines) is 1. The van der Waals surface area contributed by atoms with Gasteiger partial charge < -0.3 is 15.2 Å². The van der Waals surface area contributed by atoms with Crippen LogP contribution in [0.15, 0.2) is 71.5 Å². The first-order valence-corrected chi connectivity index (χ1v) is 10.5. The van der Waals surface area contributed by atoms with Crippen molar-refractivity contribution < 1.29 is 9.59 Å². The molecule has 31 heavy (non-hydrogen) atoms. The average molecular weight is 415 g/mol. The number of hydrogen-bond acceptors (Lipinski definition) is 3. The fraction of sp³-hybridized carbons (Fsp3) is 0.240. The van der Waals surface area contributed by atoms with Gasteiger partial charge in [-0.2, -0.15) is 0 Å². The molecule has 1 aliphatic heterocycles. The molecule has 2 amide bonds. The Balaban J connectivity index is 1.47. The van der Waals surface area contributed by atoms with E-state index in [0.717, 1.165) is 23.2 Å². The largest absolute Gasteiger partial charge is 0.338 e. The molecule has 1 aliphatic rings. The summed E-state index contributed by atoms with van der Waals surface area (Å²) >= 11 is 0. The van der Waals surface area contributed by atoms with E-state index in [0.29, 0.717) is 25.2 Å². The highest BCUT2D eigenvalue weighted by Crippen LogP contribution is 2.21. The van der Waals surface area contributed by atoms with E-state index in [1.165, 1.54) is 0 Å². The highest BCUT2D eigenvalue weighted by molar-refractivity contribution is 5.96. The summed E-state index contributed by atoms with van der Waals surface area (Å²) in [5, 5.41) is 2.91. The SMILES string of the molecule is Cc1cccc(-c2ccc(C(=O)N3CCCC(C(=O)Nc4ccccc4)C3)c(=O)[nH]2)c1. The summed E-state index contributed by atoms with van der Waals surface area (Å²) in [5.41, 5.74) is 3.07. The maximum atomic E-state index is 13.0. The third kappa shape index (κ3) is 4.74. The van der Waals surface area contributed by atoms with E-state index in [9.17, 15) is 14.4 Å². The van der Waals surface area contributed by atoms with Gasteiger partial charge in [0.05, 0.1) is 5.92 Å². The van der Waals surface area contributed by atoms with Crippen molar-refractivity contribution in [3.63, 3.8) is 0 Å². The molecule has 0 spiro atoms. The number of aromatic nitrogens is 1. The summed E-state index contributed by atoms with van der Waals surface area (Å²) in [5.74, 6) is -0.745. The van der Waals surface area contributed by atoms with E-state index in [4.69, 9.17) is 0 Å². The van der Waals surface area contributed by atoms with Gasteiger partial charge in [-0.1, -0.05) is 42.0 Å². The molecular formula is C25H25N3O3. The van der Waals surface area contributed by atoms with Gasteiger partial charge in [-0.25, -0.2) is 0 Å². The van der Waals surface area contributed by atoms with Crippen LogP contribution in [0.4, 0.5) is 5.69 Å². The minimum atomic E-state index is -0.417. The third-order valence-electron chi connectivity index (χ3n) is 5.59. The number of carbonyl (C=O) groups excluding carboxylic acids is 2. The van der Waals surface area contributed by atoms with Crippen LogP contribution in [0.2, 0.25) is 0 Å². The second-order valence-electron chi connectivity index (χ2n) is 7.93. The number of aromatic amines is 1. The molecule has 1 fully saturated rings. The van der Waals surface area contributed by atoms with Gasteiger partial charge in [-0.15, -0.1) is 0 Å². The van der Waals surface area contributed by atoms with Crippen molar-refractivity contribution in [2.75, 3.05) is 18.4 Å². The first-order valence-electron chi connectivity index (χ1n) is 10.5. The van der Waals surface area contributed by atoms with Crippen molar-refractivity contribution in [1.82, 2.24) is 9.88 Å². The topological polar surface area (TPSA) is 82.3 Å². The van der Waals surface area contributed by atoms with Gasteiger partial charge in [-0.05, 0) is 55.7 Å². The molecule has 6 nitrogen and oxygen atoms in total. The van der Waals surface area contributed by atoms with Crippen LogP contribution in [-0.4, -0.2) is 34.8 Å². The van der Waals surface area contributed by atoms with Crippen LogP contribution in [0.1, 0.15) is 28.8 Å². The molecule has 3 aromatic rings. The normalized spacial score (nSPS) is 16.0. The van der Waals surface area contributed by atoms with Crippen LogP contribution in [-0.2, 0) is 4.79 Å². The van der Waals surface area contributed by atoms with E-state index in [1.54, 1.807) is 17.0 Å². The maximum absolute atomic E-state index is 13.0. The van der Waals surface area contributed by atoms with Gasteiger partial charge in [-0.3, -0.25) is 14.4 Å². The number of benzene rings is 2. The lowest BCUT2D eigenvalue weighted by atomic mass is 9.96. The first kappa shape index (κ1) is 20.6. The molecule has 1 unspecified atom stereocenters. The lowest BCUT2D eigenvalue weighted by Gasteiger charge is -2.32. The van der Waals surface area contributed by atoms with Crippen molar-refractivity contribution in [2.24, 2.45) is 5.92 Å². The molecule has 1 atom stereocenters. The van der Waals surface area contributed by atoms with Crippen LogP contribution in [0.25, 0.3) is 11.3 Å². The van der Waals surface area contributed by atoms with Gasteiger partial charge in [0.1, 0.15) is 5.56 Å². The van der Waals surface area contributed by atoms with Gasteiger partial charge in [0.2, 0.25) is 5.91 Å². The smallest absolute Gasteiger partial charge is 0.261 e. The van der Waals surface area contributed by atoms with Crippen molar-refractivity contribution in [3.05, 3.63) is 88.2 Å². The monoisotopic (exact) mass is 415 g/mol. The predicted octanol–water partition coefficient (Wildman–Crippen LogP) is 3.84. The molecule has 0 aliphatic carbocycles. The molecule has 158 valence electrons. The lowest BCUT2D eigenvalue weighted by Crippen LogP contribution is -2.45. The van der Waals surface area contributed by atoms with Gasteiger partial charge in [0.25, 0.3) is 11.5 Å². The molecule has 6 heteroatoms. The number of carbonyl (C=O) groups is 2. The minimum absolute atomic E-state index is 0.0977. The van der Waals surface area contributed by atoms with E-state index < -0.39 is 5.56 Å². The lowest BCUT2D eigenvalue weighted by molar-refractivity contribution is -0.121. The van der Waals surface area contributed by atoms with E-state index in [2.05, 4.69) is 10.3 Å². The highest BCUT2D eigenvalue weighted by atomic mass is 16.2. The number of pyridine rings is 1. The van der Waals surface area contributed by atoms with E-state index in [-0.39, 0.29) is 23.3 Å². The Bertz CT molecular complexity index is 1150. The zero-order chi connectivity index (χ0) is 21.8. The van der Waals surface area contributed by atoms with Crippen molar-refractivity contribution >= 4 is 17.5 Å².